The third-order valence-corrected chi connectivity index (χ3v) is 3.93. The largest absolute Gasteiger partial charge is 0.353 e. The number of carbonyl (C=O) groups excluding carboxylic acids is 1. The Labute approximate surface area is 134 Å². The van der Waals surface area contributed by atoms with Gasteiger partial charge in [0.25, 0.3) is 11.5 Å². The summed E-state index contributed by atoms with van der Waals surface area (Å²) in [5, 5.41) is 4.13. The second-order valence-corrected chi connectivity index (χ2v) is 5.34. The summed E-state index contributed by atoms with van der Waals surface area (Å²) in [7, 11) is 0. The number of nitrogens with zero attached hydrogens (tertiary/aromatic N) is 5. The van der Waals surface area contributed by atoms with Crippen molar-refractivity contribution in [1.29, 1.82) is 0 Å². The van der Waals surface area contributed by atoms with Crippen LogP contribution in [0.5, 0.6) is 0 Å². The van der Waals surface area contributed by atoms with Gasteiger partial charge in [-0.3, -0.25) is 9.59 Å². The van der Waals surface area contributed by atoms with Crippen molar-refractivity contribution in [3.05, 3.63) is 52.6 Å². The van der Waals surface area contributed by atoms with Crippen LogP contribution in [-0.4, -0.2) is 51.8 Å². The van der Waals surface area contributed by atoms with Crippen molar-refractivity contribution in [2.24, 2.45) is 0 Å². The zero-order valence-electron chi connectivity index (χ0n) is 13.1. The van der Waals surface area contributed by atoms with Gasteiger partial charge < -0.3 is 9.80 Å². The summed E-state index contributed by atoms with van der Waals surface area (Å²) < 4.78 is 1.30. The lowest BCUT2D eigenvalue weighted by molar-refractivity contribution is 0.0737. The maximum Gasteiger partial charge on any atom is 0.274 e. The zero-order valence-corrected chi connectivity index (χ0v) is 13.1. The predicted octanol–water partition coefficient (Wildman–Crippen LogP) is 0.621. The first-order valence-corrected chi connectivity index (χ1v) is 7.72. The van der Waals surface area contributed by atoms with Gasteiger partial charge in [-0.25, -0.2) is 9.67 Å². The fourth-order valence-electron chi connectivity index (χ4n) is 2.63. The van der Waals surface area contributed by atoms with Gasteiger partial charge in [-0.05, 0) is 25.1 Å². The van der Waals surface area contributed by atoms with Crippen molar-refractivity contribution in [2.75, 3.05) is 31.1 Å². The van der Waals surface area contributed by atoms with Crippen molar-refractivity contribution in [2.45, 2.75) is 13.5 Å². The van der Waals surface area contributed by atoms with Gasteiger partial charge in [-0.1, -0.05) is 6.07 Å². The molecule has 0 bridgehead atoms. The second-order valence-electron chi connectivity index (χ2n) is 5.34. The highest BCUT2D eigenvalue weighted by Crippen LogP contribution is 2.13. The van der Waals surface area contributed by atoms with Gasteiger partial charge in [0.1, 0.15) is 11.5 Å². The van der Waals surface area contributed by atoms with Crippen molar-refractivity contribution < 1.29 is 4.79 Å². The molecule has 3 rings (SSSR count). The number of amides is 1. The normalized spacial score (nSPS) is 14.8. The van der Waals surface area contributed by atoms with Crippen LogP contribution >= 0.6 is 0 Å². The van der Waals surface area contributed by atoms with Crippen LogP contribution in [0.1, 0.15) is 17.4 Å². The van der Waals surface area contributed by atoms with E-state index in [2.05, 4.69) is 15.0 Å². The third kappa shape index (κ3) is 3.23. The number of aryl methyl sites for hydroxylation is 1. The maximum absolute atomic E-state index is 12.5. The predicted molar refractivity (Wildman–Crippen MR) is 86.5 cm³/mol. The Balaban J connectivity index is 1.68. The number of aromatic nitrogens is 3. The van der Waals surface area contributed by atoms with E-state index in [1.807, 2.05) is 25.1 Å². The van der Waals surface area contributed by atoms with Crippen LogP contribution < -0.4 is 10.5 Å². The number of rotatable bonds is 3. The molecule has 0 N–H and O–H groups in total. The zero-order chi connectivity index (χ0) is 16.2. The molecule has 1 aliphatic heterocycles. The quantitative estimate of drug-likeness (QED) is 0.831. The summed E-state index contributed by atoms with van der Waals surface area (Å²) in [6.45, 7) is 4.97. The Morgan fingerprint density at radius 1 is 1.13 bits per heavy atom. The number of hydrogen-bond donors (Lipinski definition) is 0. The van der Waals surface area contributed by atoms with Crippen molar-refractivity contribution >= 4 is 11.7 Å². The van der Waals surface area contributed by atoms with Crippen LogP contribution in [0.25, 0.3) is 0 Å². The molecule has 2 aromatic rings. The molecule has 0 atom stereocenters. The molecular formula is C16H19N5O2. The number of anilines is 1. The first-order valence-electron chi connectivity index (χ1n) is 7.72. The van der Waals surface area contributed by atoms with Crippen LogP contribution in [0.3, 0.4) is 0 Å². The molecule has 120 valence electrons. The molecule has 0 aliphatic carbocycles. The highest BCUT2D eigenvalue weighted by molar-refractivity contribution is 5.92. The van der Waals surface area contributed by atoms with Crippen molar-refractivity contribution in [3.63, 3.8) is 0 Å². The minimum absolute atomic E-state index is 0.132. The van der Waals surface area contributed by atoms with Crippen LogP contribution in [0.4, 0.5) is 5.82 Å². The van der Waals surface area contributed by atoms with Crippen LogP contribution in [0, 0.1) is 0 Å². The minimum atomic E-state index is -0.191. The van der Waals surface area contributed by atoms with Gasteiger partial charge in [0.05, 0.1) is 0 Å². The smallest absolute Gasteiger partial charge is 0.274 e. The lowest BCUT2D eigenvalue weighted by Gasteiger charge is -2.35. The molecule has 1 amide bonds. The molecule has 7 nitrogen and oxygen atoms in total. The second kappa shape index (κ2) is 6.60. The summed E-state index contributed by atoms with van der Waals surface area (Å²) in [5.74, 6) is 0.796. The maximum atomic E-state index is 12.5. The molecule has 0 saturated carbocycles. The lowest BCUT2D eigenvalue weighted by atomic mass is 10.2. The summed E-state index contributed by atoms with van der Waals surface area (Å²) >= 11 is 0. The molecule has 1 aliphatic rings. The highest BCUT2D eigenvalue weighted by atomic mass is 16.2. The first-order chi connectivity index (χ1) is 11.2. The number of hydrogen-bond acceptors (Lipinski definition) is 5. The van der Waals surface area contributed by atoms with Crippen molar-refractivity contribution in [3.8, 4) is 0 Å². The van der Waals surface area contributed by atoms with Crippen LogP contribution in [-0.2, 0) is 6.54 Å². The molecule has 7 heteroatoms. The minimum Gasteiger partial charge on any atom is -0.353 e. The molecule has 1 saturated heterocycles. The highest BCUT2D eigenvalue weighted by Gasteiger charge is 2.23. The summed E-state index contributed by atoms with van der Waals surface area (Å²) in [6, 6.07) is 8.71. The average Bonchev–Trinajstić information content (AvgIpc) is 2.62. The van der Waals surface area contributed by atoms with Gasteiger partial charge in [0.2, 0.25) is 0 Å². The van der Waals surface area contributed by atoms with Crippen LogP contribution in [0.15, 0.2) is 41.3 Å². The van der Waals surface area contributed by atoms with Crippen molar-refractivity contribution in [1.82, 2.24) is 19.7 Å². The van der Waals surface area contributed by atoms with E-state index in [1.54, 1.807) is 11.1 Å². The average molecular weight is 313 g/mol. The van der Waals surface area contributed by atoms with E-state index in [0.29, 0.717) is 25.3 Å². The first kappa shape index (κ1) is 15.2. The van der Waals surface area contributed by atoms with E-state index >= 15 is 0 Å². The third-order valence-electron chi connectivity index (χ3n) is 3.93. The Morgan fingerprint density at radius 2 is 1.91 bits per heavy atom. The number of piperazine rings is 1. The molecule has 0 unspecified atom stereocenters. The van der Waals surface area contributed by atoms with Gasteiger partial charge in [-0.15, -0.1) is 0 Å². The lowest BCUT2D eigenvalue weighted by Crippen LogP contribution is -2.49. The monoisotopic (exact) mass is 313 g/mol. The molecule has 23 heavy (non-hydrogen) atoms. The molecule has 1 fully saturated rings. The van der Waals surface area contributed by atoms with Gasteiger partial charge >= 0.3 is 0 Å². The number of pyridine rings is 1. The molecule has 2 aromatic heterocycles. The molecule has 3 heterocycles. The van der Waals surface area contributed by atoms with E-state index in [0.717, 1.165) is 18.9 Å². The standard InChI is InChI=1S/C16H19N5O2/c1-2-21-15(22)7-6-13(18-21)16(23)20-11-9-19(10-12-20)14-5-3-4-8-17-14/h3-8H,2,9-12H2,1H3. The summed E-state index contributed by atoms with van der Waals surface area (Å²) in [4.78, 5) is 32.4. The molecular weight excluding hydrogens is 294 g/mol. The topological polar surface area (TPSA) is 71.3 Å². The van der Waals surface area contributed by atoms with E-state index in [1.165, 1.54) is 16.8 Å². The van der Waals surface area contributed by atoms with Gasteiger partial charge in [-0.2, -0.15) is 5.10 Å². The Kier molecular flexibility index (Phi) is 4.36. The molecule has 0 radical (unpaired) electrons. The number of carbonyl (C=O) groups is 1. The Bertz CT molecular complexity index is 736. The Hall–Kier alpha value is -2.70. The van der Waals surface area contributed by atoms with E-state index < -0.39 is 0 Å². The molecule has 0 spiro atoms. The summed E-state index contributed by atoms with van der Waals surface area (Å²) in [6.07, 6.45) is 1.77. The Morgan fingerprint density at radius 3 is 2.57 bits per heavy atom. The SMILES string of the molecule is CCn1nc(C(=O)N2CCN(c3ccccn3)CC2)ccc1=O. The van der Waals surface area contributed by atoms with Gasteiger partial charge in [0.15, 0.2) is 0 Å². The van der Waals surface area contributed by atoms with Gasteiger partial charge in [0, 0.05) is 45.0 Å². The van der Waals surface area contributed by atoms with Crippen LogP contribution in [0.2, 0.25) is 0 Å². The summed E-state index contributed by atoms with van der Waals surface area (Å²) in [5.41, 5.74) is 0.127. The van der Waals surface area contributed by atoms with E-state index in [-0.39, 0.29) is 11.5 Å². The molecule has 0 aromatic carbocycles. The fourth-order valence-corrected chi connectivity index (χ4v) is 2.63. The van der Waals surface area contributed by atoms with E-state index in [4.69, 9.17) is 0 Å². The fraction of sp³-hybridized carbons (Fsp3) is 0.375. The van der Waals surface area contributed by atoms with E-state index in [9.17, 15) is 9.59 Å².